The summed E-state index contributed by atoms with van der Waals surface area (Å²) in [6.07, 6.45) is 4.88. The highest BCUT2D eigenvalue weighted by molar-refractivity contribution is 4.49. The number of hydrogen-bond acceptors (Lipinski definition) is 1. The van der Waals surface area contributed by atoms with Gasteiger partial charge in [0.2, 0.25) is 0 Å². The van der Waals surface area contributed by atoms with E-state index in [4.69, 9.17) is 0 Å². The Kier molecular flexibility index (Phi) is 8.95. The molecule has 0 bridgehead atoms. The Hall–Kier alpha value is -0.0800. The predicted molar refractivity (Wildman–Crippen MR) is 54.1 cm³/mol. The predicted octanol–water partition coefficient (Wildman–Crippen LogP) is 2.43. The molecule has 12 heavy (non-hydrogen) atoms. The van der Waals surface area contributed by atoms with Crippen molar-refractivity contribution in [3.8, 4) is 0 Å². The van der Waals surface area contributed by atoms with Crippen molar-refractivity contribution < 1.29 is 0 Å². The van der Waals surface area contributed by atoms with Crippen molar-refractivity contribution in [2.75, 3.05) is 19.6 Å². The summed E-state index contributed by atoms with van der Waals surface area (Å²) in [7, 11) is 0. The third kappa shape index (κ3) is 6.62. The molecule has 0 saturated heterocycles. The number of rotatable bonds is 8. The molecule has 0 fully saturated rings. The first kappa shape index (κ1) is 11.9. The van der Waals surface area contributed by atoms with Gasteiger partial charge in [-0.3, -0.25) is 0 Å². The van der Waals surface area contributed by atoms with E-state index in [1.165, 1.54) is 25.7 Å². The van der Waals surface area contributed by atoms with Gasteiger partial charge in [-0.15, -0.1) is 0 Å². The molecule has 2 heteroatoms. The lowest BCUT2D eigenvalue weighted by atomic mass is 10.3. The topological polar surface area (TPSA) is 17.3 Å². The van der Waals surface area contributed by atoms with E-state index < -0.39 is 0 Å². The second kappa shape index (κ2) is 9.01. The molecule has 0 aliphatic carbocycles. The first-order valence-electron chi connectivity index (χ1n) is 5.27. The van der Waals surface area contributed by atoms with Crippen LogP contribution >= 0.6 is 0 Å². The Bertz CT molecular complexity index is 77.9. The fourth-order valence-electron chi connectivity index (χ4n) is 1.14. The maximum atomic E-state index is 4.53. The van der Waals surface area contributed by atoms with E-state index in [9.17, 15) is 0 Å². The van der Waals surface area contributed by atoms with Crippen LogP contribution in [0.15, 0.2) is 0 Å². The lowest BCUT2D eigenvalue weighted by molar-refractivity contribution is 0.179. The van der Waals surface area contributed by atoms with Gasteiger partial charge in [-0.2, -0.15) is 5.43 Å². The van der Waals surface area contributed by atoms with Crippen LogP contribution in [0.1, 0.15) is 46.5 Å². The van der Waals surface area contributed by atoms with Gasteiger partial charge in [-0.25, -0.2) is 5.01 Å². The summed E-state index contributed by atoms with van der Waals surface area (Å²) in [4.78, 5) is 0. The van der Waals surface area contributed by atoms with Crippen molar-refractivity contribution in [3.05, 3.63) is 0 Å². The SMILES string of the molecule is CCCC[N]N(CCC)CCC. The van der Waals surface area contributed by atoms with E-state index >= 15 is 0 Å². The Morgan fingerprint density at radius 1 is 0.917 bits per heavy atom. The van der Waals surface area contributed by atoms with Gasteiger partial charge in [-0.05, 0) is 19.3 Å². The van der Waals surface area contributed by atoms with Crippen molar-refractivity contribution in [3.63, 3.8) is 0 Å². The summed E-state index contributed by atoms with van der Waals surface area (Å²) < 4.78 is 0. The highest BCUT2D eigenvalue weighted by atomic mass is 15.5. The van der Waals surface area contributed by atoms with Crippen molar-refractivity contribution in [2.45, 2.75) is 46.5 Å². The summed E-state index contributed by atoms with van der Waals surface area (Å²) in [5.41, 5.74) is 4.53. The zero-order valence-corrected chi connectivity index (χ0v) is 8.84. The van der Waals surface area contributed by atoms with Gasteiger partial charge in [-0.1, -0.05) is 27.2 Å². The van der Waals surface area contributed by atoms with Crippen LogP contribution in [-0.2, 0) is 0 Å². The van der Waals surface area contributed by atoms with Crippen LogP contribution in [0, 0.1) is 0 Å². The zero-order valence-electron chi connectivity index (χ0n) is 8.84. The molecule has 0 aliphatic heterocycles. The fourth-order valence-corrected chi connectivity index (χ4v) is 1.14. The first-order valence-corrected chi connectivity index (χ1v) is 5.27. The normalized spacial score (nSPS) is 11.0. The van der Waals surface area contributed by atoms with Crippen LogP contribution < -0.4 is 5.43 Å². The van der Waals surface area contributed by atoms with E-state index in [-0.39, 0.29) is 0 Å². The number of hydrogen-bond donors (Lipinski definition) is 0. The van der Waals surface area contributed by atoms with Gasteiger partial charge in [0.15, 0.2) is 0 Å². The molecule has 2 nitrogen and oxygen atoms in total. The van der Waals surface area contributed by atoms with Gasteiger partial charge in [0.1, 0.15) is 0 Å². The molecule has 0 aromatic carbocycles. The zero-order chi connectivity index (χ0) is 9.23. The Morgan fingerprint density at radius 3 is 1.92 bits per heavy atom. The second-order valence-electron chi connectivity index (χ2n) is 3.17. The number of unbranched alkanes of at least 4 members (excludes halogenated alkanes) is 1. The van der Waals surface area contributed by atoms with Crippen molar-refractivity contribution in [2.24, 2.45) is 0 Å². The molecule has 0 rings (SSSR count). The Labute approximate surface area is 77.3 Å². The van der Waals surface area contributed by atoms with Crippen LogP contribution in [0.25, 0.3) is 0 Å². The Balaban J connectivity index is 3.34. The van der Waals surface area contributed by atoms with Crippen molar-refractivity contribution in [1.82, 2.24) is 10.4 Å². The molecule has 0 N–H and O–H groups in total. The van der Waals surface area contributed by atoms with E-state index in [0.717, 1.165) is 19.6 Å². The minimum Gasteiger partial charge on any atom is -0.227 e. The lowest BCUT2D eigenvalue weighted by Gasteiger charge is -2.19. The Morgan fingerprint density at radius 2 is 1.50 bits per heavy atom. The smallest absolute Gasteiger partial charge is 0.0306 e. The average Bonchev–Trinajstić information content (AvgIpc) is 2.06. The summed E-state index contributed by atoms with van der Waals surface area (Å²) in [6, 6.07) is 0. The second-order valence-corrected chi connectivity index (χ2v) is 3.17. The van der Waals surface area contributed by atoms with Crippen molar-refractivity contribution >= 4 is 0 Å². The standard InChI is InChI=1S/C10H23N2/c1-4-7-8-11-12(9-5-2)10-6-3/h4-10H2,1-3H3. The van der Waals surface area contributed by atoms with Gasteiger partial charge >= 0.3 is 0 Å². The molecule has 1 radical (unpaired) electrons. The summed E-state index contributed by atoms with van der Waals surface area (Å²) in [5, 5.41) is 2.22. The summed E-state index contributed by atoms with van der Waals surface area (Å²) >= 11 is 0. The molecule has 0 atom stereocenters. The minimum absolute atomic E-state index is 1.01. The summed E-state index contributed by atoms with van der Waals surface area (Å²) in [5.74, 6) is 0. The summed E-state index contributed by atoms with van der Waals surface area (Å²) in [6.45, 7) is 9.88. The molecule has 0 spiro atoms. The van der Waals surface area contributed by atoms with Crippen molar-refractivity contribution in [1.29, 1.82) is 0 Å². The van der Waals surface area contributed by atoms with Crippen LogP contribution in [-0.4, -0.2) is 24.6 Å². The van der Waals surface area contributed by atoms with Crippen LogP contribution in [0.3, 0.4) is 0 Å². The van der Waals surface area contributed by atoms with E-state index in [2.05, 4.69) is 31.2 Å². The molecule has 0 aromatic heterocycles. The van der Waals surface area contributed by atoms with Crippen LogP contribution in [0.5, 0.6) is 0 Å². The van der Waals surface area contributed by atoms with Crippen LogP contribution in [0.4, 0.5) is 0 Å². The fraction of sp³-hybridized carbons (Fsp3) is 1.00. The minimum atomic E-state index is 1.01. The third-order valence-corrected chi connectivity index (χ3v) is 1.78. The molecule has 0 unspecified atom stereocenters. The number of nitrogens with zero attached hydrogens (tertiary/aromatic N) is 2. The van der Waals surface area contributed by atoms with E-state index in [0.29, 0.717) is 0 Å². The molecular formula is C10H23N2. The quantitative estimate of drug-likeness (QED) is 0.405. The molecule has 0 aliphatic rings. The monoisotopic (exact) mass is 171 g/mol. The van der Waals surface area contributed by atoms with E-state index in [1.54, 1.807) is 0 Å². The maximum Gasteiger partial charge on any atom is 0.0306 e. The van der Waals surface area contributed by atoms with Gasteiger partial charge in [0.25, 0.3) is 0 Å². The maximum absolute atomic E-state index is 4.53. The highest BCUT2D eigenvalue weighted by Gasteiger charge is 2.01. The molecule has 73 valence electrons. The molecule has 0 saturated carbocycles. The molecular weight excluding hydrogens is 148 g/mol. The largest absolute Gasteiger partial charge is 0.227 e. The van der Waals surface area contributed by atoms with Gasteiger partial charge < -0.3 is 0 Å². The third-order valence-electron chi connectivity index (χ3n) is 1.78. The first-order chi connectivity index (χ1) is 5.85. The molecule has 0 amide bonds. The highest BCUT2D eigenvalue weighted by Crippen LogP contribution is 1.92. The van der Waals surface area contributed by atoms with E-state index in [1.807, 2.05) is 0 Å². The lowest BCUT2D eigenvalue weighted by Crippen LogP contribution is -2.33. The van der Waals surface area contributed by atoms with Gasteiger partial charge in [0.05, 0.1) is 0 Å². The molecule has 0 heterocycles. The molecule has 0 aromatic rings. The van der Waals surface area contributed by atoms with Gasteiger partial charge in [0, 0.05) is 19.6 Å². The average molecular weight is 171 g/mol. The van der Waals surface area contributed by atoms with Crippen LogP contribution in [0.2, 0.25) is 0 Å².